The number of halogens is 2. The Morgan fingerprint density at radius 3 is 2.22 bits per heavy atom. The average molecular weight is 543 g/mol. The zero-order chi connectivity index (χ0) is 23.9. The third-order valence-corrected chi connectivity index (χ3v) is 7.84. The van der Waals surface area contributed by atoms with Crippen LogP contribution in [0.3, 0.4) is 0 Å². The van der Waals surface area contributed by atoms with Gasteiger partial charge in [0.05, 0.1) is 12.5 Å². The molecule has 2 saturated carbocycles. The van der Waals surface area contributed by atoms with Crippen molar-refractivity contribution < 1.29 is 14.3 Å². The van der Waals surface area contributed by atoms with Gasteiger partial charge >= 0.3 is 5.97 Å². The van der Waals surface area contributed by atoms with Gasteiger partial charge in [0.15, 0.2) is 0 Å². The summed E-state index contributed by atoms with van der Waals surface area (Å²) in [5.41, 5.74) is 6.11. The number of rotatable bonds is 7. The monoisotopic (exact) mass is 541 g/mol. The van der Waals surface area contributed by atoms with E-state index in [1.54, 1.807) is 6.20 Å². The number of nitrogens with zero attached hydrogens (tertiary/aromatic N) is 2. The molecule has 1 aromatic heterocycles. The van der Waals surface area contributed by atoms with E-state index in [9.17, 15) is 9.59 Å². The molecule has 0 bridgehead atoms. The zero-order valence-corrected chi connectivity index (χ0v) is 22.6. The smallest absolute Gasteiger partial charge is 0.308 e. The largest absolute Gasteiger partial charge is 0.465 e. The number of piperidine rings is 1. The summed E-state index contributed by atoms with van der Waals surface area (Å²) in [7, 11) is 0. The lowest BCUT2D eigenvalue weighted by molar-refractivity contribution is -0.151. The highest BCUT2D eigenvalue weighted by Gasteiger charge is 2.31. The van der Waals surface area contributed by atoms with Crippen molar-refractivity contribution in [3.8, 4) is 0 Å². The molecule has 1 amide bonds. The lowest BCUT2D eigenvalue weighted by Gasteiger charge is -2.34. The van der Waals surface area contributed by atoms with Crippen LogP contribution in [0.15, 0.2) is 18.3 Å². The maximum absolute atomic E-state index is 12.8. The molecule has 36 heavy (non-hydrogen) atoms. The summed E-state index contributed by atoms with van der Waals surface area (Å²) in [6, 6.07) is 3.86. The van der Waals surface area contributed by atoms with E-state index in [0.29, 0.717) is 18.1 Å². The van der Waals surface area contributed by atoms with E-state index < -0.39 is 0 Å². The van der Waals surface area contributed by atoms with E-state index >= 15 is 0 Å². The van der Waals surface area contributed by atoms with E-state index in [0.717, 1.165) is 57.4 Å². The molecule has 1 saturated heterocycles. The van der Waals surface area contributed by atoms with Crippen LogP contribution in [0.4, 0.5) is 5.82 Å². The summed E-state index contributed by atoms with van der Waals surface area (Å²) in [5.74, 6) is 1.54. The minimum absolute atomic E-state index is 0. The van der Waals surface area contributed by atoms with Crippen molar-refractivity contribution in [3.63, 3.8) is 0 Å². The molecule has 0 spiro atoms. The Bertz CT molecular complexity index is 848. The molecule has 0 aromatic carbocycles. The third-order valence-electron chi connectivity index (χ3n) is 7.84. The fourth-order valence-corrected chi connectivity index (χ4v) is 5.57. The number of hydrogen-bond donors (Lipinski definition) is 3. The second-order valence-electron chi connectivity index (χ2n) is 10.3. The van der Waals surface area contributed by atoms with E-state index in [1.165, 1.54) is 32.1 Å². The number of hydrogen-bond acceptors (Lipinski definition) is 6. The predicted octanol–water partition coefficient (Wildman–Crippen LogP) is 4.22. The van der Waals surface area contributed by atoms with Crippen LogP contribution in [0, 0.1) is 23.2 Å². The van der Waals surface area contributed by atoms with Gasteiger partial charge in [0.25, 0.3) is 0 Å². The SMILES string of the molecule is Cl.Cl.N=C(N)c1ccc(N2CCC(C(=O)NC3CCC(C(=O)OCC4CCCCC4)CC3)CC2)nc1. The molecule has 1 aromatic rings. The number of nitrogens with one attached hydrogen (secondary N) is 2. The first-order valence-electron chi connectivity index (χ1n) is 13.0. The highest BCUT2D eigenvalue weighted by atomic mass is 35.5. The normalized spacial score (nSPS) is 23.1. The maximum Gasteiger partial charge on any atom is 0.308 e. The van der Waals surface area contributed by atoms with Gasteiger partial charge in [0, 0.05) is 36.8 Å². The highest BCUT2D eigenvalue weighted by Crippen LogP contribution is 2.29. The Labute approximate surface area is 226 Å². The molecule has 8 nitrogen and oxygen atoms in total. The predicted molar refractivity (Wildman–Crippen MR) is 146 cm³/mol. The number of amidine groups is 1. The van der Waals surface area contributed by atoms with Crippen LogP contribution in [0.2, 0.25) is 0 Å². The van der Waals surface area contributed by atoms with Gasteiger partial charge in [0.1, 0.15) is 11.7 Å². The number of anilines is 1. The minimum Gasteiger partial charge on any atom is -0.465 e. The van der Waals surface area contributed by atoms with Crippen LogP contribution < -0.4 is 16.0 Å². The molecule has 202 valence electrons. The van der Waals surface area contributed by atoms with Crippen molar-refractivity contribution in [3.05, 3.63) is 23.9 Å². The quantitative estimate of drug-likeness (QED) is 0.270. The van der Waals surface area contributed by atoms with Gasteiger partial charge in [-0.2, -0.15) is 0 Å². The number of nitrogen functional groups attached to an aromatic ring is 1. The fourth-order valence-electron chi connectivity index (χ4n) is 5.57. The van der Waals surface area contributed by atoms with Crippen molar-refractivity contribution in [1.82, 2.24) is 10.3 Å². The van der Waals surface area contributed by atoms with Crippen molar-refractivity contribution in [2.24, 2.45) is 23.5 Å². The van der Waals surface area contributed by atoms with Gasteiger partial charge in [-0.3, -0.25) is 15.0 Å². The Kier molecular flexibility index (Phi) is 12.3. The standard InChI is InChI=1S/C26H39N5O3.2ClH/c27-24(28)21-8-11-23(29-16-21)31-14-12-19(13-15-31)25(32)30-22-9-6-20(7-10-22)26(33)34-17-18-4-2-1-3-5-18;;/h8,11,16,18-20,22H,1-7,9-10,12-15,17H2,(H3,27,28)(H,30,32);2*1H. The molecule has 0 unspecified atom stereocenters. The van der Waals surface area contributed by atoms with E-state index in [2.05, 4.69) is 15.2 Å². The molecule has 4 rings (SSSR count). The Morgan fingerprint density at radius 2 is 1.64 bits per heavy atom. The first-order valence-corrected chi connectivity index (χ1v) is 13.0. The lowest BCUT2D eigenvalue weighted by atomic mass is 9.85. The Hall–Kier alpha value is -2.06. The molecule has 0 atom stereocenters. The van der Waals surface area contributed by atoms with Crippen LogP contribution in [0.5, 0.6) is 0 Å². The number of carbonyl (C=O) groups is 2. The Balaban J connectivity index is 0.00000228. The van der Waals surface area contributed by atoms with Gasteiger partial charge in [-0.1, -0.05) is 19.3 Å². The number of ether oxygens (including phenoxy) is 1. The number of esters is 1. The van der Waals surface area contributed by atoms with Crippen LogP contribution in [-0.4, -0.2) is 48.4 Å². The second kappa shape index (κ2) is 14.6. The summed E-state index contributed by atoms with van der Waals surface area (Å²) in [6.45, 7) is 2.15. The van der Waals surface area contributed by atoms with Crippen molar-refractivity contribution in [2.45, 2.75) is 76.7 Å². The van der Waals surface area contributed by atoms with Gasteiger partial charge in [-0.25, -0.2) is 4.98 Å². The van der Waals surface area contributed by atoms with Gasteiger partial charge in [-0.05, 0) is 69.4 Å². The van der Waals surface area contributed by atoms with Crippen LogP contribution >= 0.6 is 24.8 Å². The summed E-state index contributed by atoms with van der Waals surface area (Å²) in [4.78, 5) is 31.9. The first-order chi connectivity index (χ1) is 16.5. The first kappa shape index (κ1) is 30.2. The summed E-state index contributed by atoms with van der Waals surface area (Å²) in [6.07, 6.45) is 12.7. The molecule has 2 heterocycles. The Morgan fingerprint density at radius 1 is 0.972 bits per heavy atom. The van der Waals surface area contributed by atoms with Crippen LogP contribution in [0.1, 0.15) is 76.2 Å². The highest BCUT2D eigenvalue weighted by molar-refractivity contribution is 5.94. The molecular weight excluding hydrogens is 501 g/mol. The number of amides is 1. The molecule has 0 radical (unpaired) electrons. The number of pyridine rings is 1. The average Bonchev–Trinajstić information content (AvgIpc) is 2.88. The van der Waals surface area contributed by atoms with E-state index in [1.807, 2.05) is 12.1 Å². The zero-order valence-electron chi connectivity index (χ0n) is 21.0. The van der Waals surface area contributed by atoms with E-state index in [-0.39, 0.29) is 60.4 Å². The van der Waals surface area contributed by atoms with Gasteiger partial charge in [0.2, 0.25) is 5.91 Å². The summed E-state index contributed by atoms with van der Waals surface area (Å²) in [5, 5.41) is 10.7. The van der Waals surface area contributed by atoms with Crippen molar-refractivity contribution in [2.75, 3.05) is 24.6 Å². The number of carbonyl (C=O) groups excluding carboxylic acids is 2. The molecule has 10 heteroatoms. The topological polar surface area (TPSA) is 121 Å². The summed E-state index contributed by atoms with van der Waals surface area (Å²) >= 11 is 0. The van der Waals surface area contributed by atoms with Crippen LogP contribution in [0.25, 0.3) is 0 Å². The van der Waals surface area contributed by atoms with Gasteiger partial charge < -0.3 is 20.7 Å². The molecule has 2 aliphatic carbocycles. The fraction of sp³-hybridized carbons (Fsp3) is 0.692. The second-order valence-corrected chi connectivity index (χ2v) is 10.3. The number of nitrogens with two attached hydrogens (primary N) is 1. The molecule has 3 fully saturated rings. The van der Waals surface area contributed by atoms with Gasteiger partial charge in [-0.15, -0.1) is 24.8 Å². The maximum atomic E-state index is 12.8. The third kappa shape index (κ3) is 8.23. The molecule has 1 aliphatic heterocycles. The number of aromatic nitrogens is 1. The lowest BCUT2D eigenvalue weighted by Crippen LogP contribution is -2.45. The molecule has 4 N–H and O–H groups in total. The molecular formula is C26H41Cl2N5O3. The van der Waals surface area contributed by atoms with Crippen molar-refractivity contribution in [1.29, 1.82) is 5.41 Å². The minimum atomic E-state index is -0.0346. The van der Waals surface area contributed by atoms with Crippen molar-refractivity contribution >= 4 is 48.3 Å². The summed E-state index contributed by atoms with van der Waals surface area (Å²) < 4.78 is 5.64. The molecule has 3 aliphatic rings. The van der Waals surface area contributed by atoms with Crippen LogP contribution in [-0.2, 0) is 14.3 Å². The van der Waals surface area contributed by atoms with E-state index in [4.69, 9.17) is 15.9 Å².